The van der Waals surface area contributed by atoms with E-state index < -0.39 is 0 Å². The predicted molar refractivity (Wildman–Crippen MR) is 75.0 cm³/mol. The van der Waals surface area contributed by atoms with Crippen molar-refractivity contribution in [1.82, 2.24) is 5.32 Å². The summed E-state index contributed by atoms with van der Waals surface area (Å²) in [6.45, 7) is 3.97. The van der Waals surface area contributed by atoms with Crippen molar-refractivity contribution in [2.75, 3.05) is 20.3 Å². The van der Waals surface area contributed by atoms with Crippen LogP contribution >= 0.6 is 0 Å². The van der Waals surface area contributed by atoms with Crippen LogP contribution in [0.15, 0.2) is 18.2 Å². The van der Waals surface area contributed by atoms with Gasteiger partial charge in [-0.1, -0.05) is 24.6 Å². The molecule has 1 aromatic rings. The van der Waals surface area contributed by atoms with Gasteiger partial charge >= 0.3 is 0 Å². The fraction of sp³-hybridized carbons (Fsp3) is 0.600. The van der Waals surface area contributed by atoms with Gasteiger partial charge in [0.15, 0.2) is 0 Å². The van der Waals surface area contributed by atoms with E-state index in [9.17, 15) is 0 Å². The number of aliphatic hydroxyl groups is 1. The van der Waals surface area contributed by atoms with Gasteiger partial charge in [-0.15, -0.1) is 0 Å². The highest BCUT2D eigenvalue weighted by Gasteiger charge is 2.05. The van der Waals surface area contributed by atoms with Gasteiger partial charge in [-0.3, -0.25) is 0 Å². The number of aryl methyl sites for hydroxylation is 1. The van der Waals surface area contributed by atoms with Crippen LogP contribution in [0.4, 0.5) is 0 Å². The number of aliphatic hydroxyl groups excluding tert-OH is 1. The minimum Gasteiger partial charge on any atom is -0.493 e. The molecule has 0 radical (unpaired) electrons. The second-order valence-corrected chi connectivity index (χ2v) is 4.58. The Labute approximate surface area is 110 Å². The second-order valence-electron chi connectivity index (χ2n) is 4.58. The van der Waals surface area contributed by atoms with Gasteiger partial charge in [0.1, 0.15) is 5.75 Å². The predicted octanol–water partition coefficient (Wildman–Crippen LogP) is 2.65. The lowest BCUT2D eigenvalue weighted by Gasteiger charge is -2.14. The summed E-state index contributed by atoms with van der Waals surface area (Å²) in [5, 5.41) is 11.9. The van der Waals surface area contributed by atoms with Crippen LogP contribution in [0.5, 0.6) is 5.75 Å². The molecule has 0 bridgehead atoms. The van der Waals surface area contributed by atoms with Crippen LogP contribution in [0.3, 0.4) is 0 Å². The maximum atomic E-state index is 8.69. The minimum atomic E-state index is 0.297. The van der Waals surface area contributed by atoms with Crippen molar-refractivity contribution in [3.8, 4) is 5.75 Å². The number of ether oxygens (including phenoxy) is 1. The quantitative estimate of drug-likeness (QED) is 0.663. The fourth-order valence-corrected chi connectivity index (χ4v) is 1.99. The molecule has 0 amide bonds. The van der Waals surface area contributed by atoms with Crippen LogP contribution < -0.4 is 10.1 Å². The first-order chi connectivity index (χ1) is 8.79. The average Bonchev–Trinajstić information content (AvgIpc) is 2.36. The largest absolute Gasteiger partial charge is 0.493 e. The molecule has 1 aromatic carbocycles. The lowest BCUT2D eigenvalue weighted by molar-refractivity contribution is 0.272. The highest BCUT2D eigenvalue weighted by Crippen LogP contribution is 2.23. The highest BCUT2D eigenvalue weighted by atomic mass is 16.5. The highest BCUT2D eigenvalue weighted by molar-refractivity contribution is 5.40. The van der Waals surface area contributed by atoms with Gasteiger partial charge in [0.05, 0.1) is 6.61 Å². The molecule has 0 atom stereocenters. The number of benzene rings is 1. The van der Waals surface area contributed by atoms with Gasteiger partial charge < -0.3 is 15.2 Å². The first-order valence-corrected chi connectivity index (χ1v) is 6.76. The molecule has 0 unspecified atom stereocenters. The first kappa shape index (κ1) is 15.0. The van der Waals surface area contributed by atoms with Gasteiger partial charge in [0, 0.05) is 18.7 Å². The standard InChI is InChI=1S/C15H25NO2/c1-13-8-7-9-14(12-16-2)15(13)18-11-6-4-3-5-10-17/h7-9,16-17H,3-6,10-12H2,1-2H3. The van der Waals surface area contributed by atoms with Crippen molar-refractivity contribution >= 4 is 0 Å². The van der Waals surface area contributed by atoms with Crippen LogP contribution in [0, 0.1) is 6.92 Å². The zero-order valence-electron chi connectivity index (χ0n) is 11.5. The van der Waals surface area contributed by atoms with E-state index in [1.165, 1.54) is 11.1 Å². The van der Waals surface area contributed by atoms with Gasteiger partial charge in [0.25, 0.3) is 0 Å². The smallest absolute Gasteiger partial charge is 0.126 e. The molecule has 0 heterocycles. The molecular formula is C15H25NO2. The molecule has 0 aliphatic heterocycles. The normalized spacial score (nSPS) is 10.6. The number of nitrogens with one attached hydrogen (secondary N) is 1. The van der Waals surface area contributed by atoms with Crippen LogP contribution in [-0.4, -0.2) is 25.4 Å². The van der Waals surface area contributed by atoms with E-state index in [4.69, 9.17) is 9.84 Å². The number of hydrogen-bond acceptors (Lipinski definition) is 3. The summed E-state index contributed by atoms with van der Waals surface area (Å²) in [6.07, 6.45) is 4.15. The van der Waals surface area contributed by atoms with Gasteiger partial charge in [-0.05, 0) is 38.8 Å². The van der Waals surface area contributed by atoms with E-state index in [1.54, 1.807) is 0 Å². The van der Waals surface area contributed by atoms with Crippen molar-refractivity contribution in [1.29, 1.82) is 0 Å². The molecule has 1 rings (SSSR count). The molecule has 102 valence electrons. The van der Waals surface area contributed by atoms with E-state index in [1.807, 2.05) is 7.05 Å². The number of hydrogen-bond donors (Lipinski definition) is 2. The molecular weight excluding hydrogens is 226 g/mol. The van der Waals surface area contributed by atoms with Crippen molar-refractivity contribution in [2.45, 2.75) is 39.2 Å². The zero-order chi connectivity index (χ0) is 13.2. The summed E-state index contributed by atoms with van der Waals surface area (Å²) in [4.78, 5) is 0. The first-order valence-electron chi connectivity index (χ1n) is 6.76. The third kappa shape index (κ3) is 5.07. The fourth-order valence-electron chi connectivity index (χ4n) is 1.99. The van der Waals surface area contributed by atoms with E-state index in [-0.39, 0.29) is 0 Å². The van der Waals surface area contributed by atoms with Crippen LogP contribution in [0.1, 0.15) is 36.8 Å². The molecule has 3 heteroatoms. The lowest BCUT2D eigenvalue weighted by atomic mass is 10.1. The Hall–Kier alpha value is -1.06. The molecule has 0 aromatic heterocycles. The Morgan fingerprint density at radius 3 is 2.67 bits per heavy atom. The van der Waals surface area contributed by atoms with Crippen molar-refractivity contribution < 1.29 is 9.84 Å². The molecule has 0 spiro atoms. The summed E-state index contributed by atoms with van der Waals surface area (Å²) >= 11 is 0. The van der Waals surface area contributed by atoms with E-state index in [0.717, 1.165) is 44.6 Å². The molecule has 0 saturated carbocycles. The summed E-state index contributed by atoms with van der Waals surface area (Å²) < 4.78 is 5.90. The van der Waals surface area contributed by atoms with Crippen molar-refractivity contribution in [2.24, 2.45) is 0 Å². The molecule has 3 nitrogen and oxygen atoms in total. The Kier molecular flexibility index (Phi) is 7.46. The third-order valence-corrected chi connectivity index (χ3v) is 2.96. The topological polar surface area (TPSA) is 41.5 Å². The maximum Gasteiger partial charge on any atom is 0.126 e. The zero-order valence-corrected chi connectivity index (χ0v) is 11.5. The SMILES string of the molecule is CNCc1cccc(C)c1OCCCCCCO. The Morgan fingerprint density at radius 1 is 1.17 bits per heavy atom. The van der Waals surface area contributed by atoms with Gasteiger partial charge in [0.2, 0.25) is 0 Å². The van der Waals surface area contributed by atoms with E-state index in [2.05, 4.69) is 30.4 Å². The summed E-state index contributed by atoms with van der Waals surface area (Å²) in [7, 11) is 1.95. The third-order valence-electron chi connectivity index (χ3n) is 2.96. The summed E-state index contributed by atoms with van der Waals surface area (Å²) in [6, 6.07) is 6.25. The minimum absolute atomic E-state index is 0.297. The molecule has 2 N–H and O–H groups in total. The van der Waals surface area contributed by atoms with Crippen LogP contribution in [0.2, 0.25) is 0 Å². The number of rotatable bonds is 9. The summed E-state index contributed by atoms with van der Waals surface area (Å²) in [5.74, 6) is 1.02. The molecule has 0 fully saturated rings. The molecule has 18 heavy (non-hydrogen) atoms. The second kappa shape index (κ2) is 8.95. The Morgan fingerprint density at radius 2 is 1.94 bits per heavy atom. The summed E-state index contributed by atoms with van der Waals surface area (Å²) in [5.41, 5.74) is 2.41. The van der Waals surface area contributed by atoms with Crippen LogP contribution in [0.25, 0.3) is 0 Å². The van der Waals surface area contributed by atoms with E-state index >= 15 is 0 Å². The van der Waals surface area contributed by atoms with Crippen LogP contribution in [-0.2, 0) is 6.54 Å². The average molecular weight is 251 g/mol. The number of para-hydroxylation sites is 1. The Balaban J connectivity index is 2.40. The lowest BCUT2D eigenvalue weighted by Crippen LogP contribution is -2.09. The molecule has 0 aliphatic carbocycles. The van der Waals surface area contributed by atoms with Gasteiger partial charge in [-0.2, -0.15) is 0 Å². The maximum absolute atomic E-state index is 8.69. The van der Waals surface area contributed by atoms with Crippen molar-refractivity contribution in [3.05, 3.63) is 29.3 Å². The van der Waals surface area contributed by atoms with E-state index in [0.29, 0.717) is 6.61 Å². The Bertz CT molecular complexity index is 339. The van der Waals surface area contributed by atoms with Gasteiger partial charge in [-0.25, -0.2) is 0 Å². The molecule has 0 aliphatic rings. The van der Waals surface area contributed by atoms with Crippen molar-refractivity contribution in [3.63, 3.8) is 0 Å². The number of unbranched alkanes of at least 4 members (excludes halogenated alkanes) is 3. The monoisotopic (exact) mass is 251 g/mol. The molecule has 0 saturated heterocycles.